The lowest BCUT2D eigenvalue weighted by Crippen LogP contribution is -2.11. The molecule has 5 rings (SSSR count). The topological polar surface area (TPSA) is 64.4 Å². The quantitative estimate of drug-likeness (QED) is 0.305. The van der Waals surface area contributed by atoms with Gasteiger partial charge in [-0.2, -0.15) is 0 Å². The van der Waals surface area contributed by atoms with Gasteiger partial charge < -0.3 is 14.5 Å². The van der Waals surface area contributed by atoms with Crippen molar-refractivity contribution in [2.24, 2.45) is 0 Å². The molecule has 168 valence electrons. The van der Waals surface area contributed by atoms with Crippen LogP contribution < -0.4 is 10.1 Å². The van der Waals surface area contributed by atoms with Gasteiger partial charge in [-0.3, -0.25) is 4.79 Å². The van der Waals surface area contributed by atoms with Gasteiger partial charge in [-0.1, -0.05) is 47.5 Å². The summed E-state index contributed by atoms with van der Waals surface area (Å²) in [4.78, 5) is 17.4. The Morgan fingerprint density at radius 1 is 0.882 bits per heavy atom. The first-order valence-electron chi connectivity index (χ1n) is 11.1. The molecule has 0 atom stereocenters. The minimum atomic E-state index is -0.202. The molecule has 0 bridgehead atoms. The van der Waals surface area contributed by atoms with Crippen molar-refractivity contribution in [2.45, 2.75) is 20.5 Å². The highest BCUT2D eigenvalue weighted by Crippen LogP contribution is 2.28. The van der Waals surface area contributed by atoms with E-state index < -0.39 is 0 Å². The molecule has 34 heavy (non-hydrogen) atoms. The second-order valence-electron chi connectivity index (χ2n) is 8.33. The van der Waals surface area contributed by atoms with E-state index in [1.807, 2.05) is 60.7 Å². The Hall–Kier alpha value is -4.38. The van der Waals surface area contributed by atoms with Crippen molar-refractivity contribution in [3.63, 3.8) is 0 Å². The molecule has 0 saturated carbocycles. The highest BCUT2D eigenvalue weighted by molar-refractivity contribution is 6.05. The average Bonchev–Trinajstić information content (AvgIpc) is 3.27. The van der Waals surface area contributed by atoms with Crippen LogP contribution in [0.3, 0.4) is 0 Å². The third-order valence-corrected chi connectivity index (χ3v) is 5.48. The number of anilines is 1. The number of hydrogen-bond acceptors (Lipinski definition) is 4. The van der Waals surface area contributed by atoms with Crippen molar-refractivity contribution < 1.29 is 13.9 Å². The predicted octanol–water partition coefficient (Wildman–Crippen LogP) is 6.94. The van der Waals surface area contributed by atoms with Gasteiger partial charge in [0, 0.05) is 16.8 Å². The summed E-state index contributed by atoms with van der Waals surface area (Å²) < 4.78 is 11.7. The number of fused-ring (bicyclic) bond motifs is 1. The van der Waals surface area contributed by atoms with E-state index in [1.165, 1.54) is 0 Å². The second-order valence-corrected chi connectivity index (χ2v) is 8.33. The van der Waals surface area contributed by atoms with Crippen LogP contribution in [-0.4, -0.2) is 10.9 Å². The van der Waals surface area contributed by atoms with Crippen molar-refractivity contribution in [1.82, 2.24) is 4.98 Å². The Morgan fingerprint density at radius 2 is 1.62 bits per heavy atom. The molecule has 1 N–H and O–H groups in total. The van der Waals surface area contributed by atoms with Crippen LogP contribution in [0.25, 0.3) is 22.6 Å². The summed E-state index contributed by atoms with van der Waals surface area (Å²) in [7, 11) is 0. The van der Waals surface area contributed by atoms with Crippen LogP contribution in [0, 0.1) is 13.8 Å². The Balaban J connectivity index is 1.27. The van der Waals surface area contributed by atoms with E-state index in [0.717, 1.165) is 22.3 Å². The molecule has 1 amide bonds. The standard InChI is InChI=1S/C29H24N2O3/c1-19-14-20(2)16-23(15-19)29-31-26-17-24(10-13-27(26)34-29)30-28(32)22-8-11-25(12-9-22)33-18-21-6-4-3-5-7-21/h3-17H,18H2,1-2H3,(H,30,32). The number of nitrogens with one attached hydrogen (secondary N) is 1. The zero-order chi connectivity index (χ0) is 23.5. The summed E-state index contributed by atoms with van der Waals surface area (Å²) >= 11 is 0. The number of benzene rings is 4. The molecular formula is C29H24N2O3. The first kappa shape index (κ1) is 21.5. The van der Waals surface area contributed by atoms with Crippen LogP contribution >= 0.6 is 0 Å². The van der Waals surface area contributed by atoms with Crippen molar-refractivity contribution in [2.75, 3.05) is 5.32 Å². The molecule has 0 radical (unpaired) electrons. The second kappa shape index (κ2) is 9.24. The normalized spacial score (nSPS) is 10.9. The van der Waals surface area contributed by atoms with E-state index >= 15 is 0 Å². The molecule has 5 aromatic rings. The van der Waals surface area contributed by atoms with E-state index in [2.05, 4.69) is 30.2 Å². The van der Waals surface area contributed by atoms with Gasteiger partial charge in [0.25, 0.3) is 5.91 Å². The fraction of sp³-hybridized carbons (Fsp3) is 0.103. The van der Waals surface area contributed by atoms with Crippen LogP contribution in [-0.2, 0) is 6.61 Å². The lowest BCUT2D eigenvalue weighted by atomic mass is 10.1. The number of carbonyl (C=O) groups excluding carboxylic acids is 1. The predicted molar refractivity (Wildman–Crippen MR) is 134 cm³/mol. The smallest absolute Gasteiger partial charge is 0.255 e. The molecule has 4 aromatic carbocycles. The largest absolute Gasteiger partial charge is 0.489 e. The molecule has 5 heteroatoms. The zero-order valence-corrected chi connectivity index (χ0v) is 19.0. The molecule has 0 fully saturated rings. The van der Waals surface area contributed by atoms with Gasteiger partial charge in [0.15, 0.2) is 5.58 Å². The molecule has 0 aliphatic rings. The van der Waals surface area contributed by atoms with Gasteiger partial charge in [-0.15, -0.1) is 0 Å². The lowest BCUT2D eigenvalue weighted by Gasteiger charge is -2.08. The SMILES string of the molecule is Cc1cc(C)cc(-c2nc3cc(NC(=O)c4ccc(OCc5ccccc5)cc4)ccc3o2)c1. The first-order chi connectivity index (χ1) is 16.5. The van der Waals surface area contributed by atoms with Gasteiger partial charge in [0.2, 0.25) is 5.89 Å². The number of aryl methyl sites for hydroxylation is 2. The van der Waals surface area contributed by atoms with Crippen molar-refractivity contribution in [3.8, 4) is 17.2 Å². The Bertz CT molecular complexity index is 1430. The number of carbonyl (C=O) groups is 1. The number of nitrogens with zero attached hydrogens (tertiary/aromatic N) is 1. The fourth-order valence-corrected chi connectivity index (χ4v) is 3.87. The molecule has 0 aliphatic carbocycles. The van der Waals surface area contributed by atoms with Crippen LogP contribution in [0.4, 0.5) is 5.69 Å². The molecule has 0 saturated heterocycles. The summed E-state index contributed by atoms with van der Waals surface area (Å²) in [5.41, 5.74) is 6.90. The number of aromatic nitrogens is 1. The Kier molecular flexibility index (Phi) is 5.83. The maximum absolute atomic E-state index is 12.7. The van der Waals surface area contributed by atoms with E-state index in [0.29, 0.717) is 40.6 Å². The highest BCUT2D eigenvalue weighted by Gasteiger charge is 2.12. The van der Waals surface area contributed by atoms with E-state index in [9.17, 15) is 4.79 Å². The van der Waals surface area contributed by atoms with Crippen molar-refractivity contribution in [1.29, 1.82) is 0 Å². The van der Waals surface area contributed by atoms with E-state index in [1.54, 1.807) is 24.3 Å². The molecule has 0 aliphatic heterocycles. The number of oxazole rings is 1. The van der Waals surface area contributed by atoms with E-state index in [-0.39, 0.29) is 5.91 Å². The average molecular weight is 449 g/mol. The molecule has 0 spiro atoms. The van der Waals surface area contributed by atoms with E-state index in [4.69, 9.17) is 9.15 Å². The van der Waals surface area contributed by atoms with Gasteiger partial charge in [0.1, 0.15) is 17.9 Å². The summed E-state index contributed by atoms with van der Waals surface area (Å²) in [6.07, 6.45) is 0. The van der Waals surface area contributed by atoms with Crippen LogP contribution in [0.1, 0.15) is 27.0 Å². The highest BCUT2D eigenvalue weighted by atomic mass is 16.5. The summed E-state index contributed by atoms with van der Waals surface area (Å²) in [6.45, 7) is 4.58. The van der Waals surface area contributed by atoms with Crippen LogP contribution in [0.5, 0.6) is 5.75 Å². The van der Waals surface area contributed by atoms with Gasteiger partial charge in [-0.05, 0) is 74.0 Å². The minimum Gasteiger partial charge on any atom is -0.489 e. The molecule has 0 unspecified atom stereocenters. The molecular weight excluding hydrogens is 424 g/mol. The maximum Gasteiger partial charge on any atom is 0.255 e. The Morgan fingerprint density at radius 3 is 2.35 bits per heavy atom. The Labute approximate surface area is 198 Å². The van der Waals surface area contributed by atoms with Crippen LogP contribution in [0.15, 0.2) is 95.4 Å². The van der Waals surface area contributed by atoms with Crippen molar-refractivity contribution in [3.05, 3.63) is 113 Å². The summed E-state index contributed by atoms with van der Waals surface area (Å²) in [6, 6.07) is 28.7. The first-order valence-corrected chi connectivity index (χ1v) is 11.1. The van der Waals surface area contributed by atoms with Crippen LogP contribution in [0.2, 0.25) is 0 Å². The lowest BCUT2D eigenvalue weighted by molar-refractivity contribution is 0.102. The number of amides is 1. The number of hydrogen-bond donors (Lipinski definition) is 1. The van der Waals surface area contributed by atoms with Gasteiger partial charge in [-0.25, -0.2) is 4.98 Å². The zero-order valence-electron chi connectivity index (χ0n) is 19.0. The maximum atomic E-state index is 12.7. The monoisotopic (exact) mass is 448 g/mol. The molecule has 1 heterocycles. The van der Waals surface area contributed by atoms with Gasteiger partial charge >= 0.3 is 0 Å². The third-order valence-electron chi connectivity index (χ3n) is 5.48. The third kappa shape index (κ3) is 4.84. The minimum absolute atomic E-state index is 0.202. The molecule has 1 aromatic heterocycles. The van der Waals surface area contributed by atoms with Crippen molar-refractivity contribution >= 4 is 22.7 Å². The number of ether oxygens (including phenoxy) is 1. The number of rotatable bonds is 6. The summed E-state index contributed by atoms with van der Waals surface area (Å²) in [5, 5.41) is 2.93. The van der Waals surface area contributed by atoms with Gasteiger partial charge in [0.05, 0.1) is 0 Å². The molecule has 5 nitrogen and oxygen atoms in total. The fourth-order valence-electron chi connectivity index (χ4n) is 3.87. The summed E-state index contributed by atoms with van der Waals surface area (Å²) in [5.74, 6) is 1.08.